The van der Waals surface area contributed by atoms with Gasteiger partial charge in [-0.25, -0.2) is 9.97 Å². The molecule has 1 heterocycles. The molecule has 0 aliphatic heterocycles. The molecule has 4 heteroatoms. The van der Waals surface area contributed by atoms with Crippen LogP contribution in [-0.4, -0.2) is 35.0 Å². The first kappa shape index (κ1) is 11.1. The zero-order chi connectivity index (χ0) is 10.4. The maximum atomic E-state index is 5.56. The summed E-state index contributed by atoms with van der Waals surface area (Å²) < 4.78 is 0. The highest BCUT2D eigenvalue weighted by atomic mass is 15.1. The maximum absolute atomic E-state index is 5.56. The minimum absolute atomic E-state index is 0.517. The fraction of sp³-hybridized carbons (Fsp3) is 0.600. The van der Waals surface area contributed by atoms with Gasteiger partial charge in [-0.2, -0.15) is 0 Å². The second-order valence-corrected chi connectivity index (χ2v) is 3.70. The van der Waals surface area contributed by atoms with Crippen molar-refractivity contribution in [3.8, 4) is 0 Å². The smallest absolute Gasteiger partial charge is 0.142 e. The van der Waals surface area contributed by atoms with E-state index in [9.17, 15) is 0 Å². The maximum Gasteiger partial charge on any atom is 0.142 e. The second-order valence-electron chi connectivity index (χ2n) is 3.70. The van der Waals surface area contributed by atoms with Crippen molar-refractivity contribution in [2.24, 2.45) is 11.7 Å². The zero-order valence-electron chi connectivity index (χ0n) is 8.85. The van der Waals surface area contributed by atoms with Crippen LogP contribution in [0.2, 0.25) is 0 Å². The Kier molecular flexibility index (Phi) is 4.49. The molecule has 0 radical (unpaired) electrons. The van der Waals surface area contributed by atoms with Crippen molar-refractivity contribution in [3.63, 3.8) is 0 Å². The second kappa shape index (κ2) is 5.67. The number of rotatable bonds is 5. The predicted molar refractivity (Wildman–Crippen MR) is 56.6 cm³/mol. The molecule has 78 valence electrons. The molecule has 0 spiro atoms. The molecule has 0 aromatic carbocycles. The summed E-state index contributed by atoms with van der Waals surface area (Å²) in [4.78, 5) is 10.5. The van der Waals surface area contributed by atoms with E-state index in [4.69, 9.17) is 5.73 Å². The molecule has 0 fully saturated rings. The van der Waals surface area contributed by atoms with Gasteiger partial charge < -0.3 is 5.73 Å². The SMILES string of the molecule is CC(CN)CN(C)Cc1ncccn1. The monoisotopic (exact) mass is 194 g/mol. The van der Waals surface area contributed by atoms with E-state index >= 15 is 0 Å². The first-order valence-electron chi connectivity index (χ1n) is 4.87. The van der Waals surface area contributed by atoms with Crippen molar-refractivity contribution in [3.05, 3.63) is 24.3 Å². The van der Waals surface area contributed by atoms with E-state index in [1.54, 1.807) is 12.4 Å². The summed E-state index contributed by atoms with van der Waals surface area (Å²) in [6, 6.07) is 1.83. The Balaban J connectivity index is 2.37. The van der Waals surface area contributed by atoms with Gasteiger partial charge in [0.05, 0.1) is 6.54 Å². The minimum Gasteiger partial charge on any atom is -0.330 e. The summed E-state index contributed by atoms with van der Waals surface area (Å²) in [6.07, 6.45) is 3.53. The molecule has 1 aromatic rings. The fourth-order valence-corrected chi connectivity index (χ4v) is 1.32. The van der Waals surface area contributed by atoms with Crippen molar-refractivity contribution in [2.75, 3.05) is 20.1 Å². The van der Waals surface area contributed by atoms with Crippen molar-refractivity contribution in [1.82, 2.24) is 14.9 Å². The van der Waals surface area contributed by atoms with Crippen LogP contribution >= 0.6 is 0 Å². The van der Waals surface area contributed by atoms with E-state index in [0.717, 1.165) is 25.5 Å². The highest BCUT2D eigenvalue weighted by Crippen LogP contribution is 1.99. The lowest BCUT2D eigenvalue weighted by atomic mass is 10.2. The Bertz CT molecular complexity index is 250. The summed E-state index contributed by atoms with van der Waals surface area (Å²) in [5.74, 6) is 1.38. The minimum atomic E-state index is 0.517. The van der Waals surface area contributed by atoms with Gasteiger partial charge in [0.15, 0.2) is 0 Å². The Morgan fingerprint density at radius 1 is 1.43 bits per heavy atom. The summed E-state index contributed by atoms with van der Waals surface area (Å²) in [6.45, 7) is 4.63. The third kappa shape index (κ3) is 3.81. The lowest BCUT2D eigenvalue weighted by Gasteiger charge is -2.19. The molecule has 0 saturated heterocycles. The third-order valence-corrected chi connectivity index (χ3v) is 2.06. The van der Waals surface area contributed by atoms with Gasteiger partial charge in [0.25, 0.3) is 0 Å². The van der Waals surface area contributed by atoms with Gasteiger partial charge in [0, 0.05) is 18.9 Å². The Morgan fingerprint density at radius 3 is 2.64 bits per heavy atom. The summed E-state index contributed by atoms with van der Waals surface area (Å²) in [5.41, 5.74) is 5.56. The van der Waals surface area contributed by atoms with E-state index in [1.807, 2.05) is 6.07 Å². The van der Waals surface area contributed by atoms with E-state index in [2.05, 4.69) is 28.8 Å². The summed E-state index contributed by atoms with van der Waals surface area (Å²) in [7, 11) is 2.06. The van der Waals surface area contributed by atoms with Crippen molar-refractivity contribution >= 4 is 0 Å². The van der Waals surface area contributed by atoms with Crippen LogP contribution in [-0.2, 0) is 6.54 Å². The molecule has 0 aliphatic rings. The van der Waals surface area contributed by atoms with Gasteiger partial charge in [0.2, 0.25) is 0 Å². The fourth-order valence-electron chi connectivity index (χ4n) is 1.32. The van der Waals surface area contributed by atoms with Crippen LogP contribution in [0.25, 0.3) is 0 Å². The van der Waals surface area contributed by atoms with Crippen LogP contribution in [0.15, 0.2) is 18.5 Å². The Labute approximate surface area is 85.2 Å². The van der Waals surface area contributed by atoms with Crippen LogP contribution in [0.5, 0.6) is 0 Å². The molecule has 1 atom stereocenters. The first-order chi connectivity index (χ1) is 6.72. The molecular formula is C10H18N4. The molecule has 14 heavy (non-hydrogen) atoms. The summed E-state index contributed by atoms with van der Waals surface area (Å²) >= 11 is 0. The number of aromatic nitrogens is 2. The van der Waals surface area contributed by atoms with Crippen molar-refractivity contribution in [1.29, 1.82) is 0 Å². The quantitative estimate of drug-likeness (QED) is 0.741. The van der Waals surface area contributed by atoms with Crippen molar-refractivity contribution in [2.45, 2.75) is 13.5 Å². The van der Waals surface area contributed by atoms with Crippen LogP contribution in [0.3, 0.4) is 0 Å². The Morgan fingerprint density at radius 2 is 2.07 bits per heavy atom. The molecule has 0 amide bonds. The van der Waals surface area contributed by atoms with Gasteiger partial charge in [-0.15, -0.1) is 0 Å². The molecule has 1 rings (SSSR count). The topological polar surface area (TPSA) is 55.0 Å². The van der Waals surface area contributed by atoms with Crippen LogP contribution in [0, 0.1) is 5.92 Å². The molecule has 0 saturated carbocycles. The molecule has 2 N–H and O–H groups in total. The highest BCUT2D eigenvalue weighted by Gasteiger charge is 2.05. The number of nitrogens with zero attached hydrogens (tertiary/aromatic N) is 3. The van der Waals surface area contributed by atoms with Crippen LogP contribution < -0.4 is 5.73 Å². The lowest BCUT2D eigenvalue weighted by molar-refractivity contribution is 0.275. The predicted octanol–water partition coefficient (Wildman–Crippen LogP) is 0.503. The average molecular weight is 194 g/mol. The molecule has 4 nitrogen and oxygen atoms in total. The van der Waals surface area contributed by atoms with Crippen LogP contribution in [0.1, 0.15) is 12.7 Å². The summed E-state index contributed by atoms with van der Waals surface area (Å²) in [5, 5.41) is 0. The molecule has 0 aliphatic carbocycles. The van der Waals surface area contributed by atoms with Gasteiger partial charge in [-0.05, 0) is 25.6 Å². The number of hydrogen-bond acceptors (Lipinski definition) is 4. The Hall–Kier alpha value is -1.00. The van der Waals surface area contributed by atoms with E-state index in [1.165, 1.54) is 0 Å². The number of hydrogen-bond donors (Lipinski definition) is 1. The largest absolute Gasteiger partial charge is 0.330 e. The lowest BCUT2D eigenvalue weighted by Crippen LogP contribution is -2.28. The van der Waals surface area contributed by atoms with Gasteiger partial charge in [-0.1, -0.05) is 6.92 Å². The standard InChI is InChI=1S/C10H18N4/c1-9(6-11)7-14(2)8-10-12-4-3-5-13-10/h3-5,9H,6-8,11H2,1-2H3. The van der Waals surface area contributed by atoms with E-state index in [-0.39, 0.29) is 0 Å². The van der Waals surface area contributed by atoms with E-state index < -0.39 is 0 Å². The molecule has 1 unspecified atom stereocenters. The molecular weight excluding hydrogens is 176 g/mol. The highest BCUT2D eigenvalue weighted by molar-refractivity contribution is 4.88. The van der Waals surface area contributed by atoms with Crippen LogP contribution in [0.4, 0.5) is 0 Å². The molecule has 1 aromatic heterocycles. The van der Waals surface area contributed by atoms with Crippen molar-refractivity contribution < 1.29 is 0 Å². The molecule has 0 bridgehead atoms. The third-order valence-electron chi connectivity index (χ3n) is 2.06. The average Bonchev–Trinajstić information content (AvgIpc) is 2.19. The zero-order valence-corrected chi connectivity index (χ0v) is 8.85. The number of nitrogens with two attached hydrogens (primary N) is 1. The van der Waals surface area contributed by atoms with Gasteiger partial charge >= 0.3 is 0 Å². The van der Waals surface area contributed by atoms with Gasteiger partial charge in [0.1, 0.15) is 5.82 Å². The first-order valence-corrected chi connectivity index (χ1v) is 4.87. The normalized spacial score (nSPS) is 13.1. The van der Waals surface area contributed by atoms with E-state index in [0.29, 0.717) is 5.92 Å². The van der Waals surface area contributed by atoms with Gasteiger partial charge in [-0.3, -0.25) is 4.90 Å².